The fourth-order valence-electron chi connectivity index (χ4n) is 4.96. The number of hydrogen-bond acceptors (Lipinski definition) is 7. The van der Waals surface area contributed by atoms with E-state index in [1.165, 1.54) is 0 Å². The van der Waals surface area contributed by atoms with Gasteiger partial charge in [0.1, 0.15) is 5.75 Å². The molecule has 3 aromatic rings. The Morgan fingerprint density at radius 1 is 0.976 bits per heavy atom. The van der Waals surface area contributed by atoms with Crippen molar-refractivity contribution in [1.29, 1.82) is 0 Å². The Hall–Kier alpha value is -2.95. The summed E-state index contributed by atoms with van der Waals surface area (Å²) in [6.07, 6.45) is 5.93. The van der Waals surface area contributed by atoms with Crippen molar-refractivity contribution in [3.63, 3.8) is 0 Å². The highest BCUT2D eigenvalue weighted by molar-refractivity contribution is 7.89. The molecule has 1 saturated carbocycles. The number of aliphatic hydroxyl groups excluding tert-OH is 2. The molecule has 0 aliphatic heterocycles. The Morgan fingerprint density at radius 2 is 1.63 bits per heavy atom. The van der Waals surface area contributed by atoms with E-state index in [4.69, 9.17) is 4.74 Å². The number of carbonyl (C=O) groups is 1. The van der Waals surface area contributed by atoms with E-state index in [-0.39, 0.29) is 36.7 Å². The van der Waals surface area contributed by atoms with Crippen molar-refractivity contribution < 1.29 is 28.2 Å². The fourth-order valence-corrected chi connectivity index (χ4v) is 5.41. The van der Waals surface area contributed by atoms with Gasteiger partial charge in [-0.25, -0.2) is 13.1 Å². The molecule has 1 aliphatic carbocycles. The van der Waals surface area contributed by atoms with Crippen molar-refractivity contribution in [1.82, 2.24) is 10.0 Å². The number of rotatable bonds is 12. The predicted molar refractivity (Wildman–Crippen MR) is 163 cm³/mol. The van der Waals surface area contributed by atoms with E-state index in [0.29, 0.717) is 18.7 Å². The van der Waals surface area contributed by atoms with Gasteiger partial charge in [0.05, 0.1) is 30.6 Å². The molecule has 10 heteroatoms. The summed E-state index contributed by atoms with van der Waals surface area (Å²) in [6, 6.07) is 22.3. The van der Waals surface area contributed by atoms with Crippen molar-refractivity contribution in [2.24, 2.45) is 0 Å². The molecule has 41 heavy (non-hydrogen) atoms. The average molecular weight is 603 g/mol. The smallest absolute Gasteiger partial charge is 0.268 e. The lowest BCUT2D eigenvalue weighted by Crippen LogP contribution is -2.37. The van der Waals surface area contributed by atoms with Gasteiger partial charge in [0, 0.05) is 12.6 Å². The molecule has 1 fully saturated rings. The van der Waals surface area contributed by atoms with Crippen LogP contribution < -0.4 is 14.8 Å². The zero-order valence-electron chi connectivity index (χ0n) is 23.2. The van der Waals surface area contributed by atoms with Crippen LogP contribution in [0.1, 0.15) is 59.7 Å². The predicted octanol–water partition coefficient (Wildman–Crippen LogP) is 4.40. The Kier molecular flexibility index (Phi) is 12.2. The highest BCUT2D eigenvalue weighted by Gasteiger charge is 2.22. The lowest BCUT2D eigenvalue weighted by molar-refractivity contribution is 0.0969. The van der Waals surface area contributed by atoms with Gasteiger partial charge in [-0.05, 0) is 66.5 Å². The average Bonchev–Trinajstić information content (AvgIpc) is 2.95. The molecule has 0 aromatic heterocycles. The van der Waals surface area contributed by atoms with E-state index in [1.807, 2.05) is 59.3 Å². The molecule has 1 aliphatic rings. The number of aliphatic hydroxyl groups is 2. The number of carbonyl (C=O) groups excluding carboxylic acids is 1. The van der Waals surface area contributed by atoms with E-state index in [1.54, 1.807) is 18.2 Å². The molecule has 4 rings (SSSR count). The minimum absolute atomic E-state index is 0. The number of hydrogen-bond donors (Lipinski definition) is 4. The Bertz CT molecular complexity index is 1360. The summed E-state index contributed by atoms with van der Waals surface area (Å²) in [4.78, 5) is 12.7. The summed E-state index contributed by atoms with van der Waals surface area (Å²) in [5.74, 6) is -0.341. The highest BCUT2D eigenvalue weighted by Crippen LogP contribution is 2.31. The number of benzene rings is 3. The van der Waals surface area contributed by atoms with Crippen molar-refractivity contribution in [3.8, 4) is 16.9 Å². The third kappa shape index (κ3) is 9.83. The Labute approximate surface area is 248 Å². The summed E-state index contributed by atoms with van der Waals surface area (Å²) in [6.45, 7) is 0.262. The summed E-state index contributed by atoms with van der Waals surface area (Å²) >= 11 is 0. The Balaban J connectivity index is 0.00000462. The molecule has 4 N–H and O–H groups in total. The van der Waals surface area contributed by atoms with Gasteiger partial charge in [-0.3, -0.25) is 4.79 Å². The molecule has 0 saturated heterocycles. The summed E-state index contributed by atoms with van der Waals surface area (Å²) in [5, 5.41) is 23.5. The van der Waals surface area contributed by atoms with Gasteiger partial charge in [0.25, 0.3) is 5.91 Å². The van der Waals surface area contributed by atoms with Gasteiger partial charge in [0.2, 0.25) is 10.0 Å². The second kappa shape index (κ2) is 15.3. The van der Waals surface area contributed by atoms with Gasteiger partial charge in [-0.1, -0.05) is 67.1 Å². The van der Waals surface area contributed by atoms with Gasteiger partial charge < -0.3 is 20.3 Å². The van der Waals surface area contributed by atoms with Crippen molar-refractivity contribution >= 4 is 28.3 Å². The van der Waals surface area contributed by atoms with Crippen molar-refractivity contribution in [2.45, 2.75) is 56.8 Å². The first-order valence-corrected chi connectivity index (χ1v) is 15.6. The molecule has 222 valence electrons. The van der Waals surface area contributed by atoms with E-state index < -0.39 is 22.0 Å². The number of ether oxygens (including phenoxy) is 1. The quantitative estimate of drug-likeness (QED) is 0.242. The standard InChI is InChI=1S/C31H38N2O6S.ClH/c1-40(37,38)33-31(36)28-17-16-25(19-30(28)39-27-10-6-3-7-11-27)23-14-12-22(13-15-23)18-26(21-34)32-20-29(35)24-8-4-2-5-9-24;/h2,4-5,8-9,12-17,19,26-27,29,32,34-35H,3,6-7,10-11,18,20-21H2,1H3,(H,33,36);1H/t26-,29+;/m0./s1. The summed E-state index contributed by atoms with van der Waals surface area (Å²) < 4.78 is 31.6. The summed E-state index contributed by atoms with van der Waals surface area (Å²) in [7, 11) is -3.72. The molecule has 1 amide bonds. The highest BCUT2D eigenvalue weighted by atomic mass is 35.5. The third-order valence-electron chi connectivity index (χ3n) is 7.12. The topological polar surface area (TPSA) is 125 Å². The molecule has 8 nitrogen and oxygen atoms in total. The molecule has 0 unspecified atom stereocenters. The van der Waals surface area contributed by atoms with Crippen molar-refractivity contribution in [3.05, 3.63) is 89.5 Å². The maximum absolute atomic E-state index is 12.7. The number of amides is 1. The zero-order chi connectivity index (χ0) is 28.5. The molecule has 0 heterocycles. The molecular weight excluding hydrogens is 564 g/mol. The maximum Gasteiger partial charge on any atom is 0.268 e. The normalized spacial score (nSPS) is 15.4. The van der Waals surface area contributed by atoms with Gasteiger partial charge in [0.15, 0.2) is 0 Å². The molecule has 0 bridgehead atoms. The first kappa shape index (κ1) is 32.6. The summed E-state index contributed by atoms with van der Waals surface area (Å²) in [5.41, 5.74) is 3.79. The molecule has 3 aromatic carbocycles. The SMILES string of the molecule is CS(=O)(=O)NC(=O)c1ccc(-c2ccc(C[C@@H](CO)NC[C@@H](O)c3ccccc3)cc2)cc1OC1CCCCC1.Cl. The van der Waals surface area contributed by atoms with Crippen LogP contribution in [0.25, 0.3) is 11.1 Å². The van der Waals surface area contributed by atoms with Crippen LogP contribution in [-0.4, -0.2) is 56.1 Å². The fraction of sp³-hybridized carbons (Fsp3) is 0.387. The largest absolute Gasteiger partial charge is 0.490 e. The lowest BCUT2D eigenvalue weighted by atomic mass is 9.97. The van der Waals surface area contributed by atoms with E-state index in [9.17, 15) is 23.4 Å². The van der Waals surface area contributed by atoms with Crippen LogP contribution in [-0.2, 0) is 16.4 Å². The molecular formula is C31H39ClN2O6S. The molecule has 0 radical (unpaired) electrons. The lowest BCUT2D eigenvalue weighted by Gasteiger charge is -2.24. The number of sulfonamides is 1. The van der Waals surface area contributed by atoms with Crippen LogP contribution in [0.5, 0.6) is 5.75 Å². The van der Waals surface area contributed by atoms with Gasteiger partial charge >= 0.3 is 0 Å². The minimum atomic E-state index is -3.72. The van der Waals surface area contributed by atoms with Crippen molar-refractivity contribution in [2.75, 3.05) is 19.4 Å². The van der Waals surface area contributed by atoms with E-state index >= 15 is 0 Å². The van der Waals surface area contributed by atoms with Crippen LogP contribution in [0, 0.1) is 0 Å². The van der Waals surface area contributed by atoms with Gasteiger partial charge in [-0.2, -0.15) is 0 Å². The van der Waals surface area contributed by atoms with Crippen LogP contribution in [0.3, 0.4) is 0 Å². The second-order valence-corrected chi connectivity index (χ2v) is 12.2. The third-order valence-corrected chi connectivity index (χ3v) is 7.68. The van der Waals surface area contributed by atoms with Crippen LogP contribution in [0.4, 0.5) is 0 Å². The van der Waals surface area contributed by atoms with E-state index in [0.717, 1.165) is 60.6 Å². The van der Waals surface area contributed by atoms with E-state index in [2.05, 4.69) is 5.32 Å². The number of halogens is 1. The zero-order valence-corrected chi connectivity index (χ0v) is 24.8. The molecule has 2 atom stereocenters. The first-order valence-electron chi connectivity index (χ1n) is 13.7. The first-order chi connectivity index (χ1) is 19.2. The molecule has 0 spiro atoms. The van der Waals surface area contributed by atoms with Crippen LogP contribution in [0.2, 0.25) is 0 Å². The Morgan fingerprint density at radius 3 is 2.27 bits per heavy atom. The monoisotopic (exact) mass is 602 g/mol. The van der Waals surface area contributed by atoms with Crippen LogP contribution in [0.15, 0.2) is 72.8 Å². The second-order valence-electron chi connectivity index (χ2n) is 10.4. The minimum Gasteiger partial charge on any atom is -0.490 e. The van der Waals surface area contributed by atoms with Gasteiger partial charge in [-0.15, -0.1) is 12.4 Å². The van der Waals surface area contributed by atoms with Crippen LogP contribution >= 0.6 is 12.4 Å². The number of nitrogens with one attached hydrogen (secondary N) is 2. The maximum atomic E-state index is 12.7.